The number of carbonyl (C=O) groups excluding carboxylic acids is 2. The molecule has 198 valence electrons. The SMILES string of the molecule is CC[C@H](C(=O)NC(C)C)N(Cc1cccc(OC)c1)C(=O)CN(c1ccccc1F)S(=O)(=O)N(C)C. The van der Waals surface area contributed by atoms with Gasteiger partial charge in [-0.3, -0.25) is 9.59 Å². The third kappa shape index (κ3) is 7.17. The van der Waals surface area contributed by atoms with E-state index in [0.717, 1.165) is 14.7 Å². The van der Waals surface area contributed by atoms with Gasteiger partial charge in [-0.05, 0) is 50.1 Å². The summed E-state index contributed by atoms with van der Waals surface area (Å²) in [4.78, 5) is 28.1. The van der Waals surface area contributed by atoms with Gasteiger partial charge in [-0.25, -0.2) is 8.70 Å². The summed E-state index contributed by atoms with van der Waals surface area (Å²) < 4.78 is 47.8. The first kappa shape index (κ1) is 29.1. The summed E-state index contributed by atoms with van der Waals surface area (Å²) in [6.07, 6.45) is 0.286. The molecule has 0 heterocycles. The Kier molecular flexibility index (Phi) is 10.2. The van der Waals surface area contributed by atoms with E-state index in [4.69, 9.17) is 4.74 Å². The highest BCUT2D eigenvalue weighted by atomic mass is 32.2. The Morgan fingerprint density at radius 2 is 1.75 bits per heavy atom. The van der Waals surface area contributed by atoms with Crippen LogP contribution in [0, 0.1) is 5.82 Å². The number of hydrogen-bond donors (Lipinski definition) is 1. The van der Waals surface area contributed by atoms with Gasteiger partial charge in [0.25, 0.3) is 0 Å². The normalized spacial score (nSPS) is 12.4. The minimum atomic E-state index is -4.24. The molecule has 1 N–H and O–H groups in total. The first-order valence-corrected chi connectivity index (χ1v) is 13.0. The highest BCUT2D eigenvalue weighted by Gasteiger charge is 2.34. The molecule has 2 aromatic carbocycles. The molecule has 2 amide bonds. The summed E-state index contributed by atoms with van der Waals surface area (Å²) in [5.74, 6) is -1.24. The van der Waals surface area contributed by atoms with Gasteiger partial charge in [0.1, 0.15) is 24.2 Å². The van der Waals surface area contributed by atoms with Crippen LogP contribution >= 0.6 is 0 Å². The van der Waals surface area contributed by atoms with E-state index in [1.165, 1.54) is 44.3 Å². The number of halogens is 1. The second-order valence-corrected chi connectivity index (χ2v) is 10.8. The molecule has 9 nitrogen and oxygen atoms in total. The van der Waals surface area contributed by atoms with Gasteiger partial charge < -0.3 is 15.0 Å². The number of ether oxygens (including phenoxy) is 1. The maximum absolute atomic E-state index is 14.7. The zero-order valence-corrected chi connectivity index (χ0v) is 22.4. The van der Waals surface area contributed by atoms with Gasteiger partial charge in [0.05, 0.1) is 12.8 Å². The van der Waals surface area contributed by atoms with E-state index in [2.05, 4.69) is 5.32 Å². The van der Waals surface area contributed by atoms with Gasteiger partial charge >= 0.3 is 10.2 Å². The quantitative estimate of drug-likeness (QED) is 0.462. The van der Waals surface area contributed by atoms with Crippen LogP contribution in [0.5, 0.6) is 5.75 Å². The highest BCUT2D eigenvalue weighted by molar-refractivity contribution is 7.90. The molecule has 0 bridgehead atoms. The number of hydrogen-bond acceptors (Lipinski definition) is 5. The van der Waals surface area contributed by atoms with Crippen molar-refractivity contribution in [2.45, 2.75) is 45.8 Å². The molecule has 11 heteroatoms. The highest BCUT2D eigenvalue weighted by Crippen LogP contribution is 2.24. The van der Waals surface area contributed by atoms with Crippen LogP contribution in [0.2, 0.25) is 0 Å². The third-order valence-corrected chi connectivity index (χ3v) is 7.25. The largest absolute Gasteiger partial charge is 0.497 e. The van der Waals surface area contributed by atoms with E-state index < -0.39 is 34.5 Å². The fourth-order valence-electron chi connectivity index (χ4n) is 3.62. The Bertz CT molecular complexity index is 1160. The van der Waals surface area contributed by atoms with Crippen molar-refractivity contribution in [3.8, 4) is 5.75 Å². The third-order valence-electron chi connectivity index (χ3n) is 5.44. The Hall–Kier alpha value is -3.18. The van der Waals surface area contributed by atoms with Crippen LogP contribution in [-0.2, 0) is 26.3 Å². The zero-order valence-electron chi connectivity index (χ0n) is 21.6. The fourth-order valence-corrected chi connectivity index (χ4v) is 4.69. The summed E-state index contributed by atoms with van der Waals surface area (Å²) in [6, 6.07) is 11.3. The van der Waals surface area contributed by atoms with Gasteiger partial charge in [-0.15, -0.1) is 0 Å². The molecule has 0 spiro atoms. The molecule has 0 aliphatic carbocycles. The smallest absolute Gasteiger partial charge is 0.304 e. The number of benzene rings is 2. The number of methoxy groups -OCH3 is 1. The topological polar surface area (TPSA) is 99.3 Å². The van der Waals surface area contributed by atoms with E-state index in [9.17, 15) is 22.4 Å². The van der Waals surface area contributed by atoms with Crippen molar-refractivity contribution in [2.75, 3.05) is 32.1 Å². The molecule has 2 aromatic rings. The van der Waals surface area contributed by atoms with Crippen LogP contribution in [0.1, 0.15) is 32.8 Å². The van der Waals surface area contributed by atoms with Gasteiger partial charge in [0.15, 0.2) is 0 Å². The molecule has 0 aliphatic heterocycles. The fraction of sp³-hybridized carbons (Fsp3) is 0.440. The first-order chi connectivity index (χ1) is 16.9. The van der Waals surface area contributed by atoms with Crippen LogP contribution < -0.4 is 14.4 Å². The van der Waals surface area contributed by atoms with Crippen LogP contribution in [0.3, 0.4) is 0 Å². The van der Waals surface area contributed by atoms with Crippen molar-refractivity contribution < 1.29 is 27.1 Å². The number of nitrogens with one attached hydrogen (secondary N) is 1. The first-order valence-electron chi connectivity index (χ1n) is 11.6. The zero-order chi connectivity index (χ0) is 27.0. The lowest BCUT2D eigenvalue weighted by Gasteiger charge is -2.34. The standard InChI is InChI=1S/C25H35FN4O5S/c1-7-22(25(32)27-18(2)3)29(16-19-11-10-12-20(15-19)35-6)24(31)17-30(36(33,34)28(4)5)23-14-9-8-13-21(23)26/h8-15,18,22H,7,16-17H2,1-6H3,(H,27,32)/t22-/m1/s1. The van der Waals surface area contributed by atoms with Gasteiger partial charge in [0.2, 0.25) is 11.8 Å². The predicted octanol–water partition coefficient (Wildman–Crippen LogP) is 2.78. The molecular formula is C25H35FN4O5S. The second kappa shape index (κ2) is 12.7. The van der Waals surface area contributed by atoms with Crippen LogP contribution in [0.15, 0.2) is 48.5 Å². The average molecular weight is 523 g/mol. The van der Waals surface area contributed by atoms with Crippen molar-refractivity contribution >= 4 is 27.7 Å². The number of carbonyl (C=O) groups is 2. The summed E-state index contributed by atoms with van der Waals surface area (Å²) in [6.45, 7) is 4.70. The average Bonchev–Trinajstić information content (AvgIpc) is 2.82. The van der Waals surface area contributed by atoms with E-state index in [1.54, 1.807) is 31.2 Å². The number of nitrogens with zero attached hydrogens (tertiary/aromatic N) is 3. The van der Waals surface area contributed by atoms with Crippen LogP contribution in [0.25, 0.3) is 0 Å². The van der Waals surface area contributed by atoms with Crippen molar-refractivity contribution in [2.24, 2.45) is 0 Å². The molecule has 0 saturated heterocycles. The van der Waals surface area contributed by atoms with Crippen LogP contribution in [0.4, 0.5) is 10.1 Å². The maximum atomic E-state index is 14.7. The molecule has 2 rings (SSSR count). The molecule has 0 unspecified atom stereocenters. The Balaban J connectivity index is 2.54. The monoisotopic (exact) mass is 522 g/mol. The summed E-state index contributed by atoms with van der Waals surface area (Å²) >= 11 is 0. The molecule has 36 heavy (non-hydrogen) atoms. The number of rotatable bonds is 12. The van der Waals surface area contributed by atoms with E-state index in [-0.39, 0.29) is 30.6 Å². The van der Waals surface area contributed by atoms with Crippen molar-refractivity contribution in [1.82, 2.24) is 14.5 Å². The van der Waals surface area contributed by atoms with Gasteiger partial charge in [0, 0.05) is 26.7 Å². The summed E-state index contributed by atoms with van der Waals surface area (Å²) in [5.41, 5.74) is 0.423. The van der Waals surface area contributed by atoms with Gasteiger partial charge in [-0.2, -0.15) is 12.7 Å². The minimum absolute atomic E-state index is 0.0210. The number of anilines is 1. The molecule has 0 fully saturated rings. The number of amides is 2. The van der Waals surface area contributed by atoms with E-state index in [0.29, 0.717) is 11.3 Å². The lowest BCUT2D eigenvalue weighted by atomic mass is 10.1. The number of para-hydroxylation sites is 1. The van der Waals surface area contributed by atoms with Crippen LogP contribution in [-0.4, -0.2) is 69.3 Å². The van der Waals surface area contributed by atoms with Crippen molar-refractivity contribution in [1.29, 1.82) is 0 Å². The second-order valence-electron chi connectivity index (χ2n) is 8.71. The lowest BCUT2D eigenvalue weighted by Crippen LogP contribution is -2.54. The maximum Gasteiger partial charge on any atom is 0.304 e. The van der Waals surface area contributed by atoms with E-state index in [1.807, 2.05) is 13.8 Å². The lowest BCUT2D eigenvalue weighted by molar-refractivity contribution is -0.140. The van der Waals surface area contributed by atoms with E-state index >= 15 is 0 Å². The Morgan fingerprint density at radius 1 is 1.08 bits per heavy atom. The molecule has 1 atom stereocenters. The van der Waals surface area contributed by atoms with Crippen molar-refractivity contribution in [3.63, 3.8) is 0 Å². The molecule has 0 saturated carbocycles. The molecule has 0 radical (unpaired) electrons. The Morgan fingerprint density at radius 3 is 2.31 bits per heavy atom. The van der Waals surface area contributed by atoms with Gasteiger partial charge in [-0.1, -0.05) is 31.2 Å². The van der Waals surface area contributed by atoms with Crippen molar-refractivity contribution in [3.05, 3.63) is 59.9 Å². The predicted molar refractivity (Wildman–Crippen MR) is 137 cm³/mol. The summed E-state index contributed by atoms with van der Waals surface area (Å²) in [5, 5.41) is 2.82. The summed E-state index contributed by atoms with van der Waals surface area (Å²) in [7, 11) is -0.124. The molecule has 0 aliphatic rings. The Labute approximate surface area is 213 Å². The minimum Gasteiger partial charge on any atom is -0.497 e. The molecular weight excluding hydrogens is 487 g/mol. The molecule has 0 aromatic heterocycles.